The van der Waals surface area contributed by atoms with Crippen molar-refractivity contribution in [2.45, 2.75) is 56.1 Å². The maximum atomic E-state index is 13.9. The first kappa shape index (κ1) is 29.5. The van der Waals surface area contributed by atoms with Crippen molar-refractivity contribution in [3.05, 3.63) is 35.9 Å². The monoisotopic (exact) mass is 519 g/mol. The van der Waals surface area contributed by atoms with Crippen LogP contribution in [0.2, 0.25) is 0 Å². The number of nitrogens with zero attached hydrogens (tertiary/aromatic N) is 2. The topological polar surface area (TPSA) is 226 Å². The normalized spacial score (nSPS) is 16.5. The number of carboxylic acid groups (broad SMARTS) is 1. The Hall–Kier alpha value is -3.71. The van der Waals surface area contributed by atoms with E-state index in [1.54, 1.807) is 24.3 Å². The van der Waals surface area contributed by atoms with E-state index < -0.39 is 47.9 Å². The maximum absolute atomic E-state index is 13.9. The fourth-order valence-corrected chi connectivity index (χ4v) is 4.14. The SMILES string of the molecule is NC(N)=NCCC[C@](NC(=O)[C@H](N)Cc1ccccc1)(C(=O)N[C@@H](CO)C(=O)O)C(=O)N1CCCCC1. The molecular formula is C24H37N7O6. The summed E-state index contributed by atoms with van der Waals surface area (Å²) >= 11 is 0. The molecule has 1 aromatic rings. The number of nitrogens with two attached hydrogens (primary N) is 3. The van der Waals surface area contributed by atoms with Crippen LogP contribution in [0, 0.1) is 0 Å². The van der Waals surface area contributed by atoms with Crippen molar-refractivity contribution in [2.75, 3.05) is 26.2 Å². The summed E-state index contributed by atoms with van der Waals surface area (Å²) in [5, 5.41) is 23.6. The molecule has 0 bridgehead atoms. The zero-order chi connectivity index (χ0) is 27.4. The van der Waals surface area contributed by atoms with Crippen molar-refractivity contribution in [3.8, 4) is 0 Å². The number of rotatable bonds is 13. The number of hydrogen-bond donors (Lipinski definition) is 7. The number of carbonyl (C=O) groups excluding carboxylic acids is 3. The van der Waals surface area contributed by atoms with Gasteiger partial charge in [0, 0.05) is 19.6 Å². The molecule has 0 saturated carbocycles. The van der Waals surface area contributed by atoms with E-state index in [1.807, 2.05) is 6.07 Å². The van der Waals surface area contributed by atoms with Gasteiger partial charge in [-0.15, -0.1) is 0 Å². The number of hydrogen-bond acceptors (Lipinski definition) is 7. The second-order valence-corrected chi connectivity index (χ2v) is 9.00. The van der Waals surface area contributed by atoms with Crippen molar-refractivity contribution < 1.29 is 29.4 Å². The van der Waals surface area contributed by atoms with Crippen LogP contribution >= 0.6 is 0 Å². The molecule has 0 aliphatic carbocycles. The number of nitrogens with one attached hydrogen (secondary N) is 2. The highest BCUT2D eigenvalue weighted by atomic mass is 16.4. The van der Waals surface area contributed by atoms with Crippen molar-refractivity contribution in [2.24, 2.45) is 22.2 Å². The molecule has 0 unspecified atom stereocenters. The smallest absolute Gasteiger partial charge is 0.328 e. The molecule has 13 heteroatoms. The largest absolute Gasteiger partial charge is 0.480 e. The van der Waals surface area contributed by atoms with E-state index in [2.05, 4.69) is 15.6 Å². The summed E-state index contributed by atoms with van der Waals surface area (Å²) in [4.78, 5) is 57.6. The number of aliphatic hydroxyl groups is 1. The molecule has 3 atom stereocenters. The third kappa shape index (κ3) is 8.43. The van der Waals surface area contributed by atoms with Crippen LogP contribution in [0.25, 0.3) is 0 Å². The van der Waals surface area contributed by atoms with Gasteiger partial charge in [0.25, 0.3) is 11.8 Å². The number of aliphatic carboxylic acids is 1. The molecule has 1 heterocycles. The molecular weight excluding hydrogens is 482 g/mol. The van der Waals surface area contributed by atoms with E-state index in [9.17, 15) is 29.4 Å². The van der Waals surface area contributed by atoms with Crippen LogP contribution in [0.3, 0.4) is 0 Å². The fourth-order valence-electron chi connectivity index (χ4n) is 4.14. The zero-order valence-electron chi connectivity index (χ0n) is 20.8. The van der Waals surface area contributed by atoms with Gasteiger partial charge in [0.15, 0.2) is 11.5 Å². The minimum absolute atomic E-state index is 0.0545. The summed E-state index contributed by atoms with van der Waals surface area (Å²) in [6.45, 7) is -0.115. The van der Waals surface area contributed by atoms with Gasteiger partial charge in [-0.25, -0.2) is 4.79 Å². The minimum atomic E-state index is -2.19. The van der Waals surface area contributed by atoms with Gasteiger partial charge in [0.05, 0.1) is 12.6 Å². The van der Waals surface area contributed by atoms with Gasteiger partial charge in [0.2, 0.25) is 5.91 Å². The molecule has 1 aliphatic rings. The molecule has 204 valence electrons. The van der Waals surface area contributed by atoms with Gasteiger partial charge in [-0.3, -0.25) is 19.4 Å². The number of aliphatic imine (C=N–C) groups is 1. The Labute approximate surface area is 215 Å². The molecule has 10 N–H and O–H groups in total. The lowest BCUT2D eigenvalue weighted by Gasteiger charge is -2.39. The number of aliphatic hydroxyl groups excluding tert-OH is 1. The minimum Gasteiger partial charge on any atom is -0.480 e. The van der Waals surface area contributed by atoms with E-state index in [0.29, 0.717) is 25.9 Å². The number of piperidine rings is 1. The number of carboxylic acids is 1. The molecule has 0 radical (unpaired) electrons. The molecule has 1 saturated heterocycles. The standard InChI is InChI=1S/C24H37N7O6/c25-17(14-16-8-3-1-4-9-16)19(33)30-24(10-7-11-28-23(26)27,21(36)29-18(15-32)20(34)35)22(37)31-12-5-2-6-13-31/h1,3-4,8-9,17-18,32H,2,5-7,10-15,25H2,(H,29,36)(H,30,33)(H,34,35)(H4,26,27,28)/t17-,18+,24+/m1/s1. The van der Waals surface area contributed by atoms with Crippen molar-refractivity contribution >= 4 is 29.7 Å². The zero-order valence-corrected chi connectivity index (χ0v) is 20.8. The third-order valence-electron chi connectivity index (χ3n) is 6.16. The first-order valence-electron chi connectivity index (χ1n) is 12.2. The second-order valence-electron chi connectivity index (χ2n) is 9.00. The molecule has 0 aromatic heterocycles. The van der Waals surface area contributed by atoms with Gasteiger partial charge in [-0.1, -0.05) is 30.3 Å². The summed E-state index contributed by atoms with van der Waals surface area (Å²) < 4.78 is 0. The molecule has 37 heavy (non-hydrogen) atoms. The summed E-state index contributed by atoms with van der Waals surface area (Å²) in [5.41, 5.74) is 15.5. The molecule has 1 fully saturated rings. The number of amides is 3. The van der Waals surface area contributed by atoms with Crippen LogP contribution in [0.5, 0.6) is 0 Å². The first-order chi connectivity index (χ1) is 17.6. The summed E-state index contributed by atoms with van der Waals surface area (Å²) in [5.74, 6) is -4.19. The summed E-state index contributed by atoms with van der Waals surface area (Å²) in [7, 11) is 0. The average molecular weight is 520 g/mol. The quantitative estimate of drug-likeness (QED) is 0.0663. The van der Waals surface area contributed by atoms with Gasteiger partial charge in [-0.2, -0.15) is 0 Å². The number of benzene rings is 1. The van der Waals surface area contributed by atoms with Crippen LogP contribution in [0.15, 0.2) is 35.3 Å². The fraction of sp³-hybridized carbons (Fsp3) is 0.542. The maximum Gasteiger partial charge on any atom is 0.328 e. The van der Waals surface area contributed by atoms with Gasteiger partial charge < -0.3 is 42.9 Å². The lowest BCUT2D eigenvalue weighted by Crippen LogP contribution is -2.70. The molecule has 1 aliphatic heterocycles. The van der Waals surface area contributed by atoms with Crippen LogP contribution in [-0.4, -0.2) is 88.6 Å². The predicted molar refractivity (Wildman–Crippen MR) is 136 cm³/mol. The van der Waals surface area contributed by atoms with E-state index >= 15 is 0 Å². The molecule has 3 amide bonds. The highest BCUT2D eigenvalue weighted by molar-refractivity contribution is 6.13. The highest BCUT2D eigenvalue weighted by Gasteiger charge is 2.50. The van der Waals surface area contributed by atoms with Crippen LogP contribution < -0.4 is 27.8 Å². The van der Waals surface area contributed by atoms with Crippen LogP contribution in [0.4, 0.5) is 0 Å². The number of guanidine groups is 1. The van der Waals surface area contributed by atoms with E-state index in [0.717, 1.165) is 12.0 Å². The van der Waals surface area contributed by atoms with Gasteiger partial charge in [0.1, 0.15) is 6.04 Å². The molecule has 0 spiro atoms. The lowest BCUT2D eigenvalue weighted by atomic mass is 9.88. The second kappa shape index (κ2) is 14.1. The van der Waals surface area contributed by atoms with Crippen LogP contribution in [-0.2, 0) is 25.6 Å². The first-order valence-corrected chi connectivity index (χ1v) is 12.2. The molecule has 2 rings (SSSR count). The average Bonchev–Trinajstić information content (AvgIpc) is 2.89. The van der Waals surface area contributed by atoms with Gasteiger partial charge >= 0.3 is 5.97 Å². The van der Waals surface area contributed by atoms with E-state index in [-0.39, 0.29) is 31.8 Å². The van der Waals surface area contributed by atoms with E-state index in [4.69, 9.17) is 17.2 Å². The lowest BCUT2D eigenvalue weighted by molar-refractivity contribution is -0.153. The number of likely N-dealkylation sites (tertiary alicyclic amines) is 1. The highest BCUT2D eigenvalue weighted by Crippen LogP contribution is 2.22. The third-order valence-corrected chi connectivity index (χ3v) is 6.16. The van der Waals surface area contributed by atoms with Gasteiger partial charge in [-0.05, 0) is 44.1 Å². The molecule has 13 nitrogen and oxygen atoms in total. The Kier molecular flexibility index (Phi) is 11.3. The van der Waals surface area contributed by atoms with Crippen molar-refractivity contribution in [1.29, 1.82) is 0 Å². The Morgan fingerprint density at radius 2 is 1.73 bits per heavy atom. The Bertz CT molecular complexity index is 964. The van der Waals surface area contributed by atoms with Crippen molar-refractivity contribution in [3.63, 3.8) is 0 Å². The Morgan fingerprint density at radius 1 is 1.08 bits per heavy atom. The van der Waals surface area contributed by atoms with Crippen LogP contribution in [0.1, 0.15) is 37.7 Å². The number of carbonyl (C=O) groups is 4. The summed E-state index contributed by atoms with van der Waals surface area (Å²) in [6, 6.07) is 6.20. The summed E-state index contributed by atoms with van der Waals surface area (Å²) in [6.07, 6.45) is 2.36. The molecule has 1 aromatic carbocycles. The van der Waals surface area contributed by atoms with Crippen molar-refractivity contribution in [1.82, 2.24) is 15.5 Å². The Morgan fingerprint density at radius 3 is 2.30 bits per heavy atom. The Balaban J connectivity index is 2.43. The predicted octanol–water partition coefficient (Wildman–Crippen LogP) is -1.96. The van der Waals surface area contributed by atoms with E-state index in [1.165, 1.54) is 4.90 Å².